The number of nitrogens with two attached hydrogens (primary N) is 1. The van der Waals surface area contributed by atoms with Gasteiger partial charge < -0.3 is 62.6 Å². The van der Waals surface area contributed by atoms with Gasteiger partial charge in [-0.1, -0.05) is 67.5 Å². The molecule has 0 bridgehead atoms. The van der Waals surface area contributed by atoms with Crippen LogP contribution in [0.3, 0.4) is 0 Å². The van der Waals surface area contributed by atoms with Gasteiger partial charge >= 0.3 is 5.97 Å². The summed E-state index contributed by atoms with van der Waals surface area (Å²) in [5.41, 5.74) is 5.93. The van der Waals surface area contributed by atoms with Crippen molar-refractivity contribution >= 4 is 70.8 Å². The number of fused-ring (bicyclic) bond motifs is 2. The summed E-state index contributed by atoms with van der Waals surface area (Å²) >= 11 is 0. The third kappa shape index (κ3) is 18.3. The standard InChI is InChI=1S/C52H78N10O14/c1-9-11-42(66)60-45(29(6)7)49(72)59-37-26-76-52(75)38-12-10-17-61(38)50(73)36(21-31-13-15-32(63)16-14-31)58-47(70)35(22-41(53)65)56-44(68)24-54-46(69)34(19-28(4)5)55-43(67)23-40(64)33(18-27(2)3)57-48(71)39-20-30(8)25-62(39)51(37)74/h13-16,27-30,33-39,45,63H,9-12,17-26H2,1-8H3,(H2,53,65)(H,54,69)(H,55,67)(H,56,68)(H,57,71)(H,58,70)(H,59,72)(H,60,66)/t30?,33-,34-,35-,36-,37-,38-,39-,45-/m0/s1. The van der Waals surface area contributed by atoms with Crippen LogP contribution in [0.5, 0.6) is 5.75 Å². The van der Waals surface area contributed by atoms with Crippen LogP contribution in [0.1, 0.15) is 119 Å². The Morgan fingerprint density at radius 1 is 0.776 bits per heavy atom. The number of primary amides is 1. The predicted molar refractivity (Wildman–Crippen MR) is 273 cm³/mol. The highest BCUT2D eigenvalue weighted by Gasteiger charge is 2.44. The van der Waals surface area contributed by atoms with Gasteiger partial charge in [0.25, 0.3) is 0 Å². The summed E-state index contributed by atoms with van der Waals surface area (Å²) in [7, 11) is 0. The van der Waals surface area contributed by atoms with Crippen molar-refractivity contribution < 1.29 is 67.4 Å². The maximum atomic E-state index is 14.8. The number of carbonyl (C=O) groups excluding carboxylic acids is 12. The summed E-state index contributed by atoms with van der Waals surface area (Å²) in [6.07, 6.45) is -0.519. The van der Waals surface area contributed by atoms with Crippen LogP contribution in [-0.4, -0.2) is 160 Å². The van der Waals surface area contributed by atoms with Gasteiger partial charge in [0.05, 0.1) is 25.4 Å². The number of phenolic OH excluding ortho intramolecular Hbond substituents is 1. The molecule has 3 fully saturated rings. The Morgan fingerprint density at radius 2 is 1.41 bits per heavy atom. The normalized spacial score (nSPS) is 25.6. The van der Waals surface area contributed by atoms with Crippen molar-refractivity contribution in [2.45, 2.75) is 168 Å². The van der Waals surface area contributed by atoms with Crippen molar-refractivity contribution in [1.82, 2.24) is 47.0 Å². The van der Waals surface area contributed by atoms with Gasteiger partial charge in [0, 0.05) is 25.9 Å². The number of nitrogens with zero attached hydrogens (tertiary/aromatic N) is 2. The minimum absolute atomic E-state index is 0.00302. The van der Waals surface area contributed by atoms with E-state index >= 15 is 0 Å². The van der Waals surface area contributed by atoms with E-state index in [1.807, 2.05) is 0 Å². The Bertz CT molecular complexity index is 2310. The first kappa shape index (κ1) is 61.4. The summed E-state index contributed by atoms with van der Waals surface area (Å²) in [6.45, 7) is 12.5. The van der Waals surface area contributed by atoms with Crippen LogP contribution in [0, 0.1) is 23.7 Å². The van der Waals surface area contributed by atoms with Crippen LogP contribution in [0.15, 0.2) is 24.3 Å². The molecule has 0 spiro atoms. The minimum atomic E-state index is -1.69. The fourth-order valence-electron chi connectivity index (χ4n) is 9.45. The van der Waals surface area contributed by atoms with Crippen LogP contribution in [0.4, 0.5) is 0 Å². The van der Waals surface area contributed by atoms with Crippen molar-refractivity contribution in [3.8, 4) is 5.75 Å². The van der Waals surface area contributed by atoms with Gasteiger partial charge in [-0.2, -0.15) is 0 Å². The number of cyclic esters (lactones) is 1. The van der Waals surface area contributed by atoms with Crippen LogP contribution in [-0.2, 0) is 68.7 Å². The van der Waals surface area contributed by atoms with Crippen LogP contribution in [0.25, 0.3) is 0 Å². The van der Waals surface area contributed by atoms with Gasteiger partial charge in [0.2, 0.25) is 59.1 Å². The van der Waals surface area contributed by atoms with Gasteiger partial charge in [0.1, 0.15) is 54.6 Å². The highest BCUT2D eigenvalue weighted by Crippen LogP contribution is 2.26. The van der Waals surface area contributed by atoms with E-state index in [4.69, 9.17) is 10.5 Å². The SMILES string of the molecule is CCCC(=O)N[C@H](C(=O)N[C@H]1COC(=O)[C@@H]2CCCN2C(=O)[C@H](Cc2ccc(O)cc2)NC(=O)[C@H](CC(N)=O)NC(=O)CNC(=O)[C@H](CC(C)C)NC(=O)CC(=O)[C@H](CC(C)C)NC(=O)[C@@H]2CC(C)CN2C1=O)C(C)C. The number of ether oxygens (including phenoxy) is 1. The lowest BCUT2D eigenvalue weighted by atomic mass is 9.97. The molecule has 1 aromatic rings. The number of hydrogen-bond donors (Lipinski definition) is 9. The van der Waals surface area contributed by atoms with Crippen molar-refractivity contribution in [2.24, 2.45) is 29.4 Å². The zero-order valence-corrected chi connectivity index (χ0v) is 44.9. The lowest BCUT2D eigenvalue weighted by molar-refractivity contribution is -0.157. The molecule has 76 heavy (non-hydrogen) atoms. The first-order valence-electron chi connectivity index (χ1n) is 26.2. The number of benzene rings is 1. The Hall–Kier alpha value is -7.14. The number of carbonyl (C=O) groups is 12. The minimum Gasteiger partial charge on any atom is -0.508 e. The molecule has 1 aromatic carbocycles. The fourth-order valence-corrected chi connectivity index (χ4v) is 9.45. The first-order valence-corrected chi connectivity index (χ1v) is 26.2. The van der Waals surface area contributed by atoms with Crippen molar-refractivity contribution in [2.75, 3.05) is 26.2 Å². The highest BCUT2D eigenvalue weighted by molar-refractivity contribution is 6.04. The van der Waals surface area contributed by atoms with Crippen LogP contribution in [0.2, 0.25) is 0 Å². The summed E-state index contributed by atoms with van der Waals surface area (Å²) in [6, 6.07) is -5.25. The van der Waals surface area contributed by atoms with Gasteiger partial charge in [-0.05, 0) is 79.9 Å². The van der Waals surface area contributed by atoms with Gasteiger partial charge in [-0.25, -0.2) is 4.79 Å². The molecule has 3 aliphatic rings. The van der Waals surface area contributed by atoms with E-state index in [1.165, 1.54) is 34.1 Å². The molecule has 3 heterocycles. The summed E-state index contributed by atoms with van der Waals surface area (Å²) in [5.74, 6) is -11.2. The third-order valence-corrected chi connectivity index (χ3v) is 13.2. The molecule has 0 saturated carbocycles. The molecule has 420 valence electrons. The van der Waals surface area contributed by atoms with E-state index in [0.29, 0.717) is 12.0 Å². The second-order valence-electron chi connectivity index (χ2n) is 21.3. The maximum absolute atomic E-state index is 14.8. The Kier molecular flexibility index (Phi) is 23.2. The molecule has 4 rings (SSSR count). The van der Waals surface area contributed by atoms with Crippen molar-refractivity contribution in [3.05, 3.63) is 29.8 Å². The van der Waals surface area contributed by atoms with E-state index in [1.54, 1.807) is 55.4 Å². The zero-order chi connectivity index (χ0) is 56.6. The number of nitrogens with one attached hydrogen (secondary N) is 7. The predicted octanol–water partition coefficient (Wildman–Crippen LogP) is -0.873. The summed E-state index contributed by atoms with van der Waals surface area (Å²) in [5, 5.41) is 27.9. The third-order valence-electron chi connectivity index (χ3n) is 13.2. The molecule has 10 N–H and O–H groups in total. The van der Waals surface area contributed by atoms with E-state index in [2.05, 4.69) is 37.2 Å². The van der Waals surface area contributed by atoms with Gasteiger partial charge in [-0.15, -0.1) is 0 Å². The summed E-state index contributed by atoms with van der Waals surface area (Å²) in [4.78, 5) is 168. The molecule has 0 radical (unpaired) electrons. The van der Waals surface area contributed by atoms with E-state index in [-0.39, 0.29) is 81.5 Å². The molecule has 3 aliphatic heterocycles. The number of phenols is 1. The smallest absolute Gasteiger partial charge is 0.328 e. The van der Waals surface area contributed by atoms with Crippen molar-refractivity contribution in [3.63, 3.8) is 0 Å². The van der Waals surface area contributed by atoms with E-state index in [9.17, 15) is 62.6 Å². The summed E-state index contributed by atoms with van der Waals surface area (Å²) < 4.78 is 5.79. The van der Waals surface area contributed by atoms with Crippen LogP contribution >= 0.6 is 0 Å². The Labute approximate surface area is 443 Å². The number of ketones is 1. The second kappa shape index (κ2) is 28.7. The van der Waals surface area contributed by atoms with E-state index < -0.39 is 151 Å². The first-order chi connectivity index (χ1) is 35.8. The lowest BCUT2D eigenvalue weighted by Gasteiger charge is -2.32. The molecule has 0 aliphatic carbocycles. The zero-order valence-electron chi connectivity index (χ0n) is 44.9. The number of rotatable bonds is 14. The molecular formula is C52H78N10O14. The highest BCUT2D eigenvalue weighted by atomic mass is 16.5. The van der Waals surface area contributed by atoms with Crippen LogP contribution < -0.4 is 43.0 Å². The number of aromatic hydroxyl groups is 1. The molecule has 10 amide bonds. The second-order valence-corrected chi connectivity index (χ2v) is 21.3. The average Bonchev–Trinajstić information content (AvgIpc) is 3.99. The number of Topliss-reactive ketones (excluding diaryl/α,β-unsaturated/α-hetero) is 1. The maximum Gasteiger partial charge on any atom is 0.328 e. The topological polar surface area (TPSA) is 351 Å². The largest absolute Gasteiger partial charge is 0.508 e. The quantitative estimate of drug-likeness (QED) is 0.0808. The lowest BCUT2D eigenvalue weighted by Crippen LogP contribution is -2.60. The molecular weight excluding hydrogens is 989 g/mol. The van der Waals surface area contributed by atoms with Gasteiger partial charge in [0.15, 0.2) is 5.78 Å². The molecule has 3 saturated heterocycles. The molecule has 1 unspecified atom stereocenters. The number of hydrogen-bond acceptors (Lipinski definition) is 14. The molecule has 0 aromatic heterocycles. The fraction of sp³-hybridized carbons (Fsp3) is 0.654. The molecule has 24 nitrogen and oxygen atoms in total. The monoisotopic (exact) mass is 1070 g/mol. The van der Waals surface area contributed by atoms with E-state index in [0.717, 1.165) is 0 Å². The molecule has 9 atom stereocenters. The number of esters is 1. The number of amides is 10. The molecule has 24 heteroatoms. The Balaban J connectivity index is 1.80. The van der Waals surface area contributed by atoms with Gasteiger partial charge in [-0.3, -0.25) is 52.7 Å². The average molecular weight is 1070 g/mol. The Morgan fingerprint density at radius 3 is 2.03 bits per heavy atom. The van der Waals surface area contributed by atoms with Crippen molar-refractivity contribution in [1.29, 1.82) is 0 Å².